The first-order valence-corrected chi connectivity index (χ1v) is 8.22. The van der Waals surface area contributed by atoms with Gasteiger partial charge >= 0.3 is 72.7 Å². The van der Waals surface area contributed by atoms with E-state index in [1.165, 1.54) is 0 Å². The summed E-state index contributed by atoms with van der Waals surface area (Å²) < 4.78 is 37.3. The van der Waals surface area contributed by atoms with E-state index in [-0.39, 0.29) is 4.16 Å². The Labute approximate surface area is 73.0 Å². The number of benzene rings is 1. The van der Waals surface area contributed by atoms with Crippen molar-refractivity contribution in [2.45, 2.75) is 0 Å². The number of halogens is 4. The third-order valence-corrected chi connectivity index (χ3v) is 4.61. The summed E-state index contributed by atoms with van der Waals surface area (Å²) in [6, 6.07) is 1.29. The van der Waals surface area contributed by atoms with Gasteiger partial charge in [-0.3, -0.25) is 0 Å². The summed E-state index contributed by atoms with van der Waals surface area (Å²) in [6.07, 6.45) is 0. The van der Waals surface area contributed by atoms with Crippen LogP contribution in [0.15, 0.2) is 12.1 Å². The second kappa shape index (κ2) is 3.55. The number of hydrogen-bond acceptors (Lipinski definition) is 0. The number of hydrogen-bond donors (Lipinski definition) is 0. The molecule has 1 rings (SSSR count). The molecule has 11 heavy (non-hydrogen) atoms. The Kier molecular flexibility index (Phi) is 2.91. The molecule has 0 aliphatic carbocycles. The molecule has 1 aromatic rings. The second-order valence-corrected chi connectivity index (χ2v) is 5.41. The summed E-state index contributed by atoms with van der Waals surface area (Å²) in [5.74, 6) is -2.63. The Bertz CT molecular complexity index is 254. The van der Waals surface area contributed by atoms with E-state index in [9.17, 15) is 13.2 Å². The summed E-state index contributed by atoms with van der Waals surface area (Å²) in [5.41, 5.74) is 0. The van der Waals surface area contributed by atoms with Crippen molar-refractivity contribution < 1.29 is 29.3 Å². The fourth-order valence-corrected chi connectivity index (χ4v) is 2.99. The molecule has 0 unspecified atom stereocenters. The topological polar surface area (TPSA) is 0 Å². The first-order valence-electron chi connectivity index (χ1n) is 2.84. The average Bonchev–Trinajstić information content (AvgIpc) is 1.85. The number of rotatable bonds is 1. The van der Waals surface area contributed by atoms with E-state index >= 15 is 0 Å². The van der Waals surface area contributed by atoms with E-state index in [4.69, 9.17) is 9.69 Å². The van der Waals surface area contributed by atoms with Crippen molar-refractivity contribution in [3.8, 4) is 0 Å². The fourth-order valence-electron chi connectivity index (χ4n) is 0.700. The maximum atomic E-state index is 12.6. The van der Waals surface area contributed by atoms with Crippen LogP contribution in [0.5, 0.6) is 0 Å². The Balaban J connectivity index is 3.25. The molecule has 1 aromatic carbocycles. The molecule has 0 saturated carbocycles. The van der Waals surface area contributed by atoms with E-state index < -0.39 is 33.6 Å². The molecule has 0 fully saturated rings. The van der Waals surface area contributed by atoms with Gasteiger partial charge in [0, 0.05) is 0 Å². The molecular formula is C6H2ClF3Zn. The Morgan fingerprint density at radius 1 is 1.09 bits per heavy atom. The summed E-state index contributed by atoms with van der Waals surface area (Å²) in [5, 5.41) is 0. The summed E-state index contributed by atoms with van der Waals surface area (Å²) in [4.78, 5) is 0. The molecule has 0 saturated heterocycles. The van der Waals surface area contributed by atoms with Crippen molar-refractivity contribution in [1.29, 1.82) is 0 Å². The molecular weight excluding hydrogens is 230 g/mol. The SMILES string of the molecule is Fc1cc(F)[c]([Zn][Cl])c(F)c1. The maximum absolute atomic E-state index is 12.6. The molecule has 0 atom stereocenters. The van der Waals surface area contributed by atoms with Crippen LogP contribution in [0.3, 0.4) is 0 Å². The van der Waals surface area contributed by atoms with Crippen molar-refractivity contribution in [3.05, 3.63) is 29.6 Å². The van der Waals surface area contributed by atoms with Gasteiger partial charge in [-0.25, -0.2) is 0 Å². The van der Waals surface area contributed by atoms with E-state index in [0.717, 1.165) is 0 Å². The van der Waals surface area contributed by atoms with Gasteiger partial charge in [0.2, 0.25) is 0 Å². The summed E-state index contributed by atoms with van der Waals surface area (Å²) >= 11 is -1.82. The quantitative estimate of drug-likeness (QED) is 0.649. The zero-order valence-corrected chi connectivity index (χ0v) is 9.10. The zero-order valence-electron chi connectivity index (χ0n) is 5.37. The predicted molar refractivity (Wildman–Crippen MR) is 31.8 cm³/mol. The molecule has 5 heteroatoms. The van der Waals surface area contributed by atoms with Crippen LogP contribution in [-0.2, 0) is 16.1 Å². The molecule has 0 aliphatic heterocycles. The molecule has 0 bridgehead atoms. The van der Waals surface area contributed by atoms with Crippen LogP contribution in [0.25, 0.3) is 0 Å². The van der Waals surface area contributed by atoms with E-state index in [2.05, 4.69) is 0 Å². The van der Waals surface area contributed by atoms with Crippen LogP contribution in [0.4, 0.5) is 13.2 Å². The summed E-state index contributed by atoms with van der Waals surface area (Å²) in [6.45, 7) is 0. The Hall–Kier alpha value is -0.0766. The van der Waals surface area contributed by atoms with E-state index in [1.54, 1.807) is 0 Å². The van der Waals surface area contributed by atoms with Gasteiger partial charge in [-0.15, -0.1) is 0 Å². The molecule has 0 amide bonds. The van der Waals surface area contributed by atoms with Crippen molar-refractivity contribution >= 4 is 13.8 Å². The Morgan fingerprint density at radius 3 is 1.91 bits per heavy atom. The minimum atomic E-state index is -1.82. The van der Waals surface area contributed by atoms with Gasteiger partial charge in [-0.05, 0) is 0 Å². The summed E-state index contributed by atoms with van der Waals surface area (Å²) in [7, 11) is 5.37. The molecule has 0 spiro atoms. The standard InChI is InChI=1S/C6H2F3.ClH.Zn/c7-4-1-5(8)3-6(9)2-4;;/h1-2H;1H;/q;;+1/p-1. The van der Waals surface area contributed by atoms with E-state index in [0.29, 0.717) is 12.1 Å². The first-order chi connectivity index (χ1) is 5.15. The molecule has 0 aromatic heterocycles. The molecule has 56 valence electrons. The van der Waals surface area contributed by atoms with Gasteiger partial charge in [0.25, 0.3) is 0 Å². The van der Waals surface area contributed by atoms with Gasteiger partial charge in [0.1, 0.15) is 0 Å². The predicted octanol–water partition coefficient (Wildman–Crippen LogP) is 1.97. The molecule has 0 aliphatic rings. The van der Waals surface area contributed by atoms with Crippen molar-refractivity contribution in [2.24, 2.45) is 0 Å². The molecule has 0 N–H and O–H groups in total. The van der Waals surface area contributed by atoms with Crippen molar-refractivity contribution in [1.82, 2.24) is 0 Å². The zero-order chi connectivity index (χ0) is 8.43. The molecule has 0 nitrogen and oxygen atoms in total. The van der Waals surface area contributed by atoms with Crippen LogP contribution in [0, 0.1) is 17.5 Å². The van der Waals surface area contributed by atoms with Crippen molar-refractivity contribution in [3.63, 3.8) is 0 Å². The minimum absolute atomic E-state index is 0.111. The van der Waals surface area contributed by atoms with Gasteiger partial charge in [-0.1, -0.05) is 0 Å². The normalized spacial score (nSPS) is 9.45. The second-order valence-electron chi connectivity index (χ2n) is 1.98. The van der Waals surface area contributed by atoms with Crippen LogP contribution >= 0.6 is 9.69 Å². The van der Waals surface area contributed by atoms with Crippen LogP contribution in [-0.4, -0.2) is 0 Å². The van der Waals surface area contributed by atoms with Crippen LogP contribution < -0.4 is 4.16 Å². The Morgan fingerprint density at radius 2 is 1.55 bits per heavy atom. The van der Waals surface area contributed by atoms with Crippen LogP contribution in [0.1, 0.15) is 0 Å². The molecule has 0 heterocycles. The van der Waals surface area contributed by atoms with E-state index in [1.807, 2.05) is 0 Å². The van der Waals surface area contributed by atoms with Gasteiger partial charge in [0.05, 0.1) is 0 Å². The van der Waals surface area contributed by atoms with Gasteiger partial charge in [0.15, 0.2) is 0 Å². The monoisotopic (exact) mass is 230 g/mol. The van der Waals surface area contributed by atoms with Gasteiger partial charge < -0.3 is 0 Å². The first kappa shape index (κ1) is 9.01. The van der Waals surface area contributed by atoms with Gasteiger partial charge in [-0.2, -0.15) is 0 Å². The fraction of sp³-hybridized carbons (Fsp3) is 0. The third-order valence-electron chi connectivity index (χ3n) is 1.24. The van der Waals surface area contributed by atoms with Crippen LogP contribution in [0.2, 0.25) is 0 Å². The third kappa shape index (κ3) is 1.94. The van der Waals surface area contributed by atoms with Crippen molar-refractivity contribution in [2.75, 3.05) is 0 Å². The average molecular weight is 232 g/mol. The molecule has 0 radical (unpaired) electrons.